The Hall–Kier alpha value is -1.72. The molecule has 1 saturated heterocycles. The molecule has 0 aliphatic carbocycles. The second-order valence-electron chi connectivity index (χ2n) is 6.05. The van der Waals surface area contributed by atoms with E-state index in [1.165, 1.54) is 0 Å². The van der Waals surface area contributed by atoms with Crippen molar-refractivity contribution in [1.82, 2.24) is 14.9 Å². The molecule has 0 bridgehead atoms. The summed E-state index contributed by atoms with van der Waals surface area (Å²) in [5.74, 6) is 1.01. The average molecular weight is 287 g/mol. The van der Waals surface area contributed by atoms with Gasteiger partial charge in [0.05, 0.1) is 23.6 Å². The molecular weight excluding hydrogens is 266 g/mol. The molecule has 1 aromatic heterocycles. The zero-order valence-electron chi connectivity index (χ0n) is 12.5. The fraction of sp³-hybridized carbons (Fsp3) is 0.500. The zero-order valence-corrected chi connectivity index (χ0v) is 12.5. The number of aryl methyl sites for hydroxylation is 1. The molecular formula is C16H21N3O2. The fourth-order valence-corrected chi connectivity index (χ4v) is 2.90. The molecule has 5 nitrogen and oxygen atoms in total. The lowest BCUT2D eigenvalue weighted by Crippen LogP contribution is -2.42. The average Bonchev–Trinajstić information content (AvgIpc) is 2.44. The Morgan fingerprint density at radius 2 is 2.29 bits per heavy atom. The summed E-state index contributed by atoms with van der Waals surface area (Å²) in [6, 6.07) is 5.63. The lowest BCUT2D eigenvalue weighted by Gasteiger charge is -2.33. The van der Waals surface area contributed by atoms with Gasteiger partial charge in [0.1, 0.15) is 5.82 Å². The molecule has 5 heteroatoms. The van der Waals surface area contributed by atoms with Gasteiger partial charge in [0.25, 0.3) is 5.56 Å². The Morgan fingerprint density at radius 1 is 1.48 bits per heavy atom. The molecule has 0 amide bonds. The van der Waals surface area contributed by atoms with E-state index in [9.17, 15) is 9.90 Å². The van der Waals surface area contributed by atoms with Crippen LogP contribution in [-0.4, -0.2) is 39.2 Å². The highest BCUT2D eigenvalue weighted by Gasteiger charge is 2.24. The van der Waals surface area contributed by atoms with Crippen LogP contribution in [-0.2, 0) is 6.54 Å². The fourth-order valence-electron chi connectivity index (χ4n) is 2.90. The van der Waals surface area contributed by atoms with Crippen LogP contribution < -0.4 is 5.56 Å². The molecule has 2 N–H and O–H groups in total. The van der Waals surface area contributed by atoms with Crippen LogP contribution in [0.2, 0.25) is 0 Å². The lowest BCUT2D eigenvalue weighted by molar-refractivity contribution is 0.0249. The number of para-hydroxylation sites is 1. The van der Waals surface area contributed by atoms with Crippen molar-refractivity contribution in [3.8, 4) is 0 Å². The van der Waals surface area contributed by atoms with Crippen LogP contribution in [0.5, 0.6) is 0 Å². The Kier molecular flexibility index (Phi) is 3.78. The number of aromatic nitrogens is 2. The van der Waals surface area contributed by atoms with Crippen molar-refractivity contribution in [3.05, 3.63) is 39.9 Å². The van der Waals surface area contributed by atoms with Crippen molar-refractivity contribution in [1.29, 1.82) is 0 Å². The molecule has 21 heavy (non-hydrogen) atoms. The highest BCUT2D eigenvalue weighted by Crippen LogP contribution is 2.18. The summed E-state index contributed by atoms with van der Waals surface area (Å²) in [7, 11) is 0. The van der Waals surface area contributed by atoms with Gasteiger partial charge in [0.15, 0.2) is 0 Å². The first kappa shape index (κ1) is 14.2. The number of aliphatic hydroxyl groups is 1. The first-order valence-electron chi connectivity index (χ1n) is 7.43. The molecule has 1 aliphatic rings. The Balaban J connectivity index is 1.88. The Morgan fingerprint density at radius 3 is 3.05 bits per heavy atom. The van der Waals surface area contributed by atoms with Crippen molar-refractivity contribution < 1.29 is 5.11 Å². The predicted octanol–water partition coefficient (Wildman–Crippen LogP) is 1.43. The largest absolute Gasteiger partial charge is 0.392 e. The normalized spacial score (nSPS) is 23.6. The van der Waals surface area contributed by atoms with E-state index in [1.54, 1.807) is 6.07 Å². The molecule has 1 aromatic carbocycles. The molecule has 112 valence electrons. The van der Waals surface area contributed by atoms with Gasteiger partial charge in [0, 0.05) is 6.54 Å². The Labute approximate surface area is 123 Å². The van der Waals surface area contributed by atoms with E-state index in [0.29, 0.717) is 30.2 Å². The van der Waals surface area contributed by atoms with Gasteiger partial charge in [-0.15, -0.1) is 0 Å². The van der Waals surface area contributed by atoms with E-state index in [-0.39, 0.29) is 11.7 Å². The van der Waals surface area contributed by atoms with Gasteiger partial charge in [-0.05, 0) is 37.4 Å². The van der Waals surface area contributed by atoms with E-state index < -0.39 is 0 Å². The standard InChI is InChI=1S/C16H21N3O2/c1-10-6-7-19(8-13(10)20)9-14-17-15-11(2)4-3-5-12(15)16(21)18-14/h3-5,10,13,20H,6-9H2,1-2H3,(H,17,18,21). The van der Waals surface area contributed by atoms with Gasteiger partial charge < -0.3 is 10.1 Å². The maximum atomic E-state index is 12.1. The van der Waals surface area contributed by atoms with Gasteiger partial charge in [0.2, 0.25) is 0 Å². The van der Waals surface area contributed by atoms with E-state index in [1.807, 2.05) is 19.1 Å². The van der Waals surface area contributed by atoms with E-state index >= 15 is 0 Å². The second-order valence-corrected chi connectivity index (χ2v) is 6.05. The quantitative estimate of drug-likeness (QED) is 0.877. The van der Waals surface area contributed by atoms with E-state index in [4.69, 9.17) is 0 Å². The molecule has 3 rings (SSSR count). The number of aliphatic hydroxyl groups excluding tert-OH is 1. The lowest BCUT2D eigenvalue weighted by atomic mass is 9.96. The number of likely N-dealkylation sites (tertiary alicyclic amines) is 1. The number of benzene rings is 1. The summed E-state index contributed by atoms with van der Waals surface area (Å²) in [4.78, 5) is 21.7. The van der Waals surface area contributed by atoms with E-state index in [2.05, 4.69) is 21.8 Å². The number of hydrogen-bond donors (Lipinski definition) is 2. The number of nitrogens with one attached hydrogen (secondary N) is 1. The number of aromatic amines is 1. The monoisotopic (exact) mass is 287 g/mol. The van der Waals surface area contributed by atoms with Crippen LogP contribution >= 0.6 is 0 Å². The number of H-pyrrole nitrogens is 1. The van der Waals surface area contributed by atoms with Gasteiger partial charge >= 0.3 is 0 Å². The summed E-state index contributed by atoms with van der Waals surface area (Å²) >= 11 is 0. The van der Waals surface area contributed by atoms with Gasteiger partial charge in [-0.1, -0.05) is 19.1 Å². The highest BCUT2D eigenvalue weighted by atomic mass is 16.3. The SMILES string of the molecule is Cc1cccc2c(=O)[nH]c(CN3CCC(C)C(O)C3)nc12. The van der Waals surface area contributed by atoms with Crippen LogP contribution in [0, 0.1) is 12.8 Å². The minimum absolute atomic E-state index is 0.0929. The number of β-amino-alcohol motifs (C(OH)–C–C–N with tert-alkyl or cyclic N) is 1. The Bertz CT molecular complexity index is 710. The maximum Gasteiger partial charge on any atom is 0.258 e. The summed E-state index contributed by atoms with van der Waals surface area (Å²) in [5.41, 5.74) is 1.68. The zero-order chi connectivity index (χ0) is 15.0. The number of fused-ring (bicyclic) bond motifs is 1. The number of hydrogen-bond acceptors (Lipinski definition) is 4. The molecule has 0 saturated carbocycles. The van der Waals surface area contributed by atoms with Crippen molar-refractivity contribution in [3.63, 3.8) is 0 Å². The third kappa shape index (κ3) is 2.84. The topological polar surface area (TPSA) is 69.2 Å². The predicted molar refractivity (Wildman–Crippen MR) is 82.2 cm³/mol. The summed E-state index contributed by atoms with van der Waals surface area (Å²) < 4.78 is 0. The van der Waals surface area contributed by atoms with Gasteiger partial charge in [-0.2, -0.15) is 0 Å². The first-order valence-corrected chi connectivity index (χ1v) is 7.43. The van der Waals surface area contributed by atoms with Crippen LogP contribution in [0.3, 0.4) is 0 Å². The van der Waals surface area contributed by atoms with Crippen molar-refractivity contribution in [2.24, 2.45) is 5.92 Å². The summed E-state index contributed by atoms with van der Waals surface area (Å²) in [6.07, 6.45) is 0.672. The minimum Gasteiger partial charge on any atom is -0.392 e. The van der Waals surface area contributed by atoms with Crippen molar-refractivity contribution in [2.75, 3.05) is 13.1 Å². The van der Waals surface area contributed by atoms with Gasteiger partial charge in [-0.25, -0.2) is 4.98 Å². The molecule has 2 unspecified atom stereocenters. The first-order chi connectivity index (χ1) is 10.0. The third-order valence-electron chi connectivity index (χ3n) is 4.36. The van der Waals surface area contributed by atoms with Gasteiger partial charge in [-0.3, -0.25) is 9.69 Å². The van der Waals surface area contributed by atoms with Crippen molar-refractivity contribution >= 4 is 10.9 Å². The highest BCUT2D eigenvalue weighted by molar-refractivity contribution is 5.80. The molecule has 1 fully saturated rings. The maximum absolute atomic E-state index is 12.1. The van der Waals surface area contributed by atoms with Crippen LogP contribution in [0.4, 0.5) is 0 Å². The van der Waals surface area contributed by atoms with Crippen LogP contribution in [0.1, 0.15) is 24.7 Å². The van der Waals surface area contributed by atoms with Crippen molar-refractivity contribution in [2.45, 2.75) is 32.9 Å². The molecule has 2 heterocycles. The third-order valence-corrected chi connectivity index (χ3v) is 4.36. The van der Waals surface area contributed by atoms with Crippen LogP contribution in [0.15, 0.2) is 23.0 Å². The summed E-state index contributed by atoms with van der Waals surface area (Å²) in [5, 5.41) is 10.6. The smallest absolute Gasteiger partial charge is 0.258 e. The molecule has 2 aromatic rings. The molecule has 0 spiro atoms. The molecule has 1 aliphatic heterocycles. The minimum atomic E-state index is -0.298. The second kappa shape index (κ2) is 5.58. The van der Waals surface area contributed by atoms with Crippen LogP contribution in [0.25, 0.3) is 10.9 Å². The molecule has 0 radical (unpaired) electrons. The summed E-state index contributed by atoms with van der Waals surface area (Å²) in [6.45, 7) is 6.17. The number of nitrogens with zero attached hydrogens (tertiary/aromatic N) is 2. The van der Waals surface area contributed by atoms with E-state index in [0.717, 1.165) is 24.0 Å². The number of rotatable bonds is 2. The molecule has 2 atom stereocenters. The number of piperidine rings is 1.